The highest BCUT2D eigenvalue weighted by molar-refractivity contribution is 7.92. The lowest BCUT2D eigenvalue weighted by Crippen LogP contribution is -2.33. The van der Waals surface area contributed by atoms with E-state index in [9.17, 15) is 13.2 Å². The van der Waals surface area contributed by atoms with E-state index in [2.05, 4.69) is 5.32 Å². The van der Waals surface area contributed by atoms with Crippen molar-refractivity contribution in [3.05, 3.63) is 64.7 Å². The van der Waals surface area contributed by atoms with Crippen LogP contribution in [0.15, 0.2) is 42.5 Å². The predicted molar refractivity (Wildman–Crippen MR) is 115 cm³/mol. The van der Waals surface area contributed by atoms with Crippen LogP contribution in [0.25, 0.3) is 0 Å². The molecule has 28 heavy (non-hydrogen) atoms. The van der Waals surface area contributed by atoms with E-state index in [0.717, 1.165) is 16.7 Å². The van der Waals surface area contributed by atoms with E-state index >= 15 is 0 Å². The number of carbonyl (C=O) groups excluding carboxylic acids is 1. The summed E-state index contributed by atoms with van der Waals surface area (Å²) in [5.41, 5.74) is 4.80. The van der Waals surface area contributed by atoms with Crippen LogP contribution in [-0.2, 0) is 14.8 Å². The zero-order valence-electron chi connectivity index (χ0n) is 17.3. The molecule has 2 aromatic carbocycles. The van der Waals surface area contributed by atoms with E-state index < -0.39 is 10.0 Å². The Morgan fingerprint density at radius 3 is 2.25 bits per heavy atom. The minimum atomic E-state index is -3.42. The van der Waals surface area contributed by atoms with Crippen LogP contribution < -0.4 is 9.62 Å². The molecule has 2 aromatic rings. The summed E-state index contributed by atoms with van der Waals surface area (Å²) in [7, 11) is -3.42. The number of benzene rings is 2. The molecule has 6 heteroatoms. The van der Waals surface area contributed by atoms with Crippen molar-refractivity contribution in [2.75, 3.05) is 17.1 Å². The number of rotatable bonds is 8. The van der Waals surface area contributed by atoms with Gasteiger partial charge in [0, 0.05) is 13.0 Å². The van der Waals surface area contributed by atoms with Crippen LogP contribution in [0.2, 0.25) is 0 Å². The van der Waals surface area contributed by atoms with Crippen LogP contribution in [0.3, 0.4) is 0 Å². The molecule has 0 aliphatic rings. The minimum absolute atomic E-state index is 0.0810. The molecule has 0 aromatic heterocycles. The van der Waals surface area contributed by atoms with E-state index in [1.807, 2.05) is 70.2 Å². The van der Waals surface area contributed by atoms with Gasteiger partial charge in [-0.1, -0.05) is 42.0 Å². The molecular formula is C22H30N2O3S. The molecule has 0 saturated carbocycles. The van der Waals surface area contributed by atoms with Crippen molar-refractivity contribution in [2.45, 2.75) is 46.6 Å². The molecule has 0 saturated heterocycles. The van der Waals surface area contributed by atoms with E-state index in [1.54, 1.807) is 0 Å². The fourth-order valence-corrected chi connectivity index (χ4v) is 4.10. The van der Waals surface area contributed by atoms with E-state index in [0.29, 0.717) is 12.1 Å². The Kier molecular flexibility index (Phi) is 7.24. The predicted octanol–water partition coefficient (Wildman–Crippen LogP) is 4.04. The first-order valence-electron chi connectivity index (χ1n) is 9.49. The van der Waals surface area contributed by atoms with Gasteiger partial charge in [-0.2, -0.15) is 0 Å². The number of aryl methyl sites for hydroxylation is 3. The van der Waals surface area contributed by atoms with Crippen LogP contribution in [0, 0.1) is 20.8 Å². The summed E-state index contributed by atoms with van der Waals surface area (Å²) >= 11 is 0. The maximum absolute atomic E-state index is 12.3. The number of carbonyl (C=O) groups is 1. The highest BCUT2D eigenvalue weighted by atomic mass is 32.2. The monoisotopic (exact) mass is 402 g/mol. The van der Waals surface area contributed by atoms with Crippen molar-refractivity contribution in [1.29, 1.82) is 0 Å². The Morgan fingerprint density at radius 2 is 1.64 bits per heavy atom. The summed E-state index contributed by atoms with van der Waals surface area (Å²) in [4.78, 5) is 12.3. The highest BCUT2D eigenvalue weighted by Crippen LogP contribution is 2.24. The first-order chi connectivity index (χ1) is 13.1. The molecule has 1 N–H and O–H groups in total. The van der Waals surface area contributed by atoms with Crippen molar-refractivity contribution >= 4 is 21.6 Å². The fraction of sp³-hybridized carbons (Fsp3) is 0.409. The van der Waals surface area contributed by atoms with Gasteiger partial charge in [-0.3, -0.25) is 9.10 Å². The molecule has 1 atom stereocenters. The molecule has 2 rings (SSSR count). The maximum Gasteiger partial charge on any atom is 0.232 e. The molecule has 0 radical (unpaired) electrons. The third kappa shape index (κ3) is 6.09. The summed E-state index contributed by atoms with van der Waals surface area (Å²) in [5.74, 6) is -0.0810. The molecule has 0 fully saturated rings. The lowest BCUT2D eigenvalue weighted by molar-refractivity contribution is -0.121. The third-order valence-corrected chi connectivity index (χ3v) is 5.93. The van der Waals surface area contributed by atoms with Crippen molar-refractivity contribution in [3.63, 3.8) is 0 Å². The number of hydrogen-bond acceptors (Lipinski definition) is 3. The molecule has 0 unspecified atom stereocenters. The van der Waals surface area contributed by atoms with Gasteiger partial charge in [0.05, 0.1) is 18.0 Å². The molecule has 0 aliphatic heterocycles. The Morgan fingerprint density at radius 1 is 1.04 bits per heavy atom. The standard InChI is InChI=1S/C22H30N2O3S/c1-16-9-12-20(13-10-16)19(4)23-22(25)7-6-14-24(28(5,26)27)21-15-17(2)8-11-18(21)3/h8-13,15,19H,6-7,14H2,1-5H3,(H,23,25)/t19-/m1/s1. The van der Waals surface area contributed by atoms with Crippen molar-refractivity contribution in [3.8, 4) is 0 Å². The quantitative estimate of drug-likeness (QED) is 0.725. The maximum atomic E-state index is 12.3. The molecule has 152 valence electrons. The zero-order valence-corrected chi connectivity index (χ0v) is 18.1. The van der Waals surface area contributed by atoms with Crippen molar-refractivity contribution < 1.29 is 13.2 Å². The average molecular weight is 403 g/mol. The normalized spacial score (nSPS) is 12.5. The fourth-order valence-electron chi connectivity index (χ4n) is 3.09. The number of amides is 1. The summed E-state index contributed by atoms with van der Waals surface area (Å²) < 4.78 is 26.0. The summed E-state index contributed by atoms with van der Waals surface area (Å²) in [6, 6.07) is 13.7. The summed E-state index contributed by atoms with van der Waals surface area (Å²) in [5, 5.41) is 2.98. The van der Waals surface area contributed by atoms with Gasteiger partial charge in [0.15, 0.2) is 0 Å². The van der Waals surface area contributed by atoms with Gasteiger partial charge in [0.2, 0.25) is 15.9 Å². The average Bonchev–Trinajstić information content (AvgIpc) is 2.60. The van der Waals surface area contributed by atoms with Gasteiger partial charge in [0.1, 0.15) is 0 Å². The van der Waals surface area contributed by atoms with Gasteiger partial charge in [-0.25, -0.2) is 8.42 Å². The SMILES string of the molecule is Cc1ccc([C@@H](C)NC(=O)CCCN(c2cc(C)ccc2C)S(C)(=O)=O)cc1. The minimum Gasteiger partial charge on any atom is -0.350 e. The Hall–Kier alpha value is -2.34. The number of anilines is 1. The summed E-state index contributed by atoms with van der Waals surface area (Å²) in [6.07, 6.45) is 1.92. The van der Waals surface area contributed by atoms with E-state index in [-0.39, 0.29) is 24.9 Å². The van der Waals surface area contributed by atoms with Crippen LogP contribution in [0.5, 0.6) is 0 Å². The Labute approximate surface area is 168 Å². The number of hydrogen-bond donors (Lipinski definition) is 1. The van der Waals surface area contributed by atoms with Crippen LogP contribution in [-0.4, -0.2) is 27.1 Å². The van der Waals surface area contributed by atoms with Gasteiger partial charge >= 0.3 is 0 Å². The molecule has 0 aliphatic carbocycles. The second kappa shape index (κ2) is 9.24. The smallest absolute Gasteiger partial charge is 0.232 e. The lowest BCUT2D eigenvalue weighted by Gasteiger charge is -2.24. The molecular weight excluding hydrogens is 372 g/mol. The number of sulfonamides is 1. The number of nitrogens with one attached hydrogen (secondary N) is 1. The second-order valence-corrected chi connectivity index (χ2v) is 9.34. The molecule has 5 nitrogen and oxygen atoms in total. The molecule has 0 heterocycles. The second-order valence-electron chi connectivity index (χ2n) is 7.43. The Balaban J connectivity index is 1.97. The van der Waals surface area contributed by atoms with Crippen LogP contribution in [0.4, 0.5) is 5.69 Å². The largest absolute Gasteiger partial charge is 0.350 e. The molecule has 1 amide bonds. The number of nitrogens with zero attached hydrogens (tertiary/aromatic N) is 1. The first kappa shape index (κ1) is 22.0. The Bertz CT molecular complexity index is 921. The van der Waals surface area contributed by atoms with Gasteiger partial charge in [-0.15, -0.1) is 0 Å². The molecule has 0 bridgehead atoms. The van der Waals surface area contributed by atoms with Gasteiger partial charge in [0.25, 0.3) is 0 Å². The van der Waals surface area contributed by atoms with Crippen molar-refractivity contribution in [1.82, 2.24) is 5.32 Å². The van der Waals surface area contributed by atoms with Crippen LogP contribution >= 0.6 is 0 Å². The zero-order chi connectivity index (χ0) is 20.9. The van der Waals surface area contributed by atoms with Crippen molar-refractivity contribution in [2.24, 2.45) is 0 Å². The van der Waals surface area contributed by atoms with Gasteiger partial charge in [-0.05, 0) is 56.9 Å². The van der Waals surface area contributed by atoms with E-state index in [4.69, 9.17) is 0 Å². The third-order valence-electron chi connectivity index (χ3n) is 4.75. The van der Waals surface area contributed by atoms with Gasteiger partial charge < -0.3 is 5.32 Å². The van der Waals surface area contributed by atoms with Crippen LogP contribution in [0.1, 0.15) is 48.1 Å². The highest BCUT2D eigenvalue weighted by Gasteiger charge is 2.20. The topological polar surface area (TPSA) is 66.5 Å². The first-order valence-corrected chi connectivity index (χ1v) is 11.3. The van der Waals surface area contributed by atoms with E-state index in [1.165, 1.54) is 16.1 Å². The lowest BCUT2D eigenvalue weighted by atomic mass is 10.1. The molecule has 0 spiro atoms. The summed E-state index contributed by atoms with van der Waals surface area (Å²) in [6.45, 7) is 8.07.